The summed E-state index contributed by atoms with van der Waals surface area (Å²) in [4.78, 5) is 16.7. The Hall–Kier alpha value is -2.89. The summed E-state index contributed by atoms with van der Waals surface area (Å²) in [6, 6.07) is 13.8. The molecule has 124 valence electrons. The third-order valence-electron chi connectivity index (χ3n) is 3.85. The molecule has 3 rings (SSSR count). The van der Waals surface area contributed by atoms with Gasteiger partial charge >= 0.3 is 0 Å². The van der Waals surface area contributed by atoms with Crippen molar-refractivity contribution in [3.05, 3.63) is 66.2 Å². The Bertz CT molecular complexity index is 777. The molecule has 6 nitrogen and oxygen atoms in total. The standard InChI is InChI=1S/C18H21N5O/c1-13(2)17-20-18(22-21-17)19-16(24)12-15(23-10-6-7-11-23)14-8-4-3-5-9-14/h3-11,13,15H,12H2,1-2H3,(H2,19,20,21,22,24)/t15-/m1/s1. The van der Waals surface area contributed by atoms with E-state index in [1.807, 2.05) is 73.3 Å². The molecule has 0 radical (unpaired) electrons. The molecule has 2 heterocycles. The molecule has 3 aromatic rings. The van der Waals surface area contributed by atoms with E-state index in [1.165, 1.54) is 0 Å². The summed E-state index contributed by atoms with van der Waals surface area (Å²) in [5.41, 5.74) is 1.08. The summed E-state index contributed by atoms with van der Waals surface area (Å²) in [6.07, 6.45) is 4.24. The van der Waals surface area contributed by atoms with Gasteiger partial charge in [-0.25, -0.2) is 0 Å². The van der Waals surface area contributed by atoms with Gasteiger partial charge in [-0.2, -0.15) is 4.98 Å². The number of H-pyrrole nitrogens is 1. The number of aromatic amines is 1. The van der Waals surface area contributed by atoms with E-state index in [0.29, 0.717) is 12.4 Å². The lowest BCUT2D eigenvalue weighted by atomic mass is 10.0. The molecule has 1 amide bonds. The minimum Gasteiger partial charge on any atom is -0.346 e. The molecule has 0 unspecified atom stereocenters. The zero-order valence-electron chi connectivity index (χ0n) is 13.8. The Kier molecular flexibility index (Phi) is 4.74. The van der Waals surface area contributed by atoms with Crippen LogP contribution in [0.4, 0.5) is 5.95 Å². The van der Waals surface area contributed by atoms with Gasteiger partial charge in [0.15, 0.2) is 0 Å². The number of amides is 1. The summed E-state index contributed by atoms with van der Waals surface area (Å²) >= 11 is 0. The van der Waals surface area contributed by atoms with Crippen LogP contribution in [-0.4, -0.2) is 25.7 Å². The number of hydrogen-bond acceptors (Lipinski definition) is 3. The van der Waals surface area contributed by atoms with E-state index in [4.69, 9.17) is 0 Å². The van der Waals surface area contributed by atoms with Gasteiger partial charge in [0.2, 0.25) is 11.9 Å². The molecule has 2 N–H and O–H groups in total. The van der Waals surface area contributed by atoms with E-state index in [0.717, 1.165) is 11.4 Å². The molecule has 0 saturated heterocycles. The van der Waals surface area contributed by atoms with Gasteiger partial charge < -0.3 is 4.57 Å². The van der Waals surface area contributed by atoms with Crippen molar-refractivity contribution >= 4 is 11.9 Å². The van der Waals surface area contributed by atoms with Crippen LogP contribution in [0, 0.1) is 0 Å². The highest BCUT2D eigenvalue weighted by Crippen LogP contribution is 2.22. The van der Waals surface area contributed by atoms with E-state index in [2.05, 4.69) is 20.5 Å². The molecule has 0 fully saturated rings. The maximum absolute atomic E-state index is 12.5. The fourth-order valence-electron chi connectivity index (χ4n) is 2.57. The Morgan fingerprint density at radius 1 is 1.17 bits per heavy atom. The average molecular weight is 323 g/mol. The molecule has 0 aliphatic rings. The topological polar surface area (TPSA) is 75.6 Å². The van der Waals surface area contributed by atoms with Gasteiger partial charge in [-0.15, -0.1) is 5.10 Å². The average Bonchev–Trinajstić information content (AvgIpc) is 3.25. The lowest BCUT2D eigenvalue weighted by Gasteiger charge is -2.18. The number of rotatable bonds is 6. The third-order valence-corrected chi connectivity index (χ3v) is 3.85. The second-order valence-corrected chi connectivity index (χ2v) is 6.01. The van der Waals surface area contributed by atoms with Crippen molar-refractivity contribution < 1.29 is 4.79 Å². The second kappa shape index (κ2) is 7.12. The molecule has 1 atom stereocenters. The normalized spacial score (nSPS) is 12.3. The van der Waals surface area contributed by atoms with Gasteiger partial charge in [0, 0.05) is 18.3 Å². The highest BCUT2D eigenvalue weighted by Gasteiger charge is 2.18. The monoisotopic (exact) mass is 323 g/mol. The lowest BCUT2D eigenvalue weighted by Crippen LogP contribution is -2.20. The van der Waals surface area contributed by atoms with Crippen molar-refractivity contribution in [1.29, 1.82) is 0 Å². The maximum atomic E-state index is 12.5. The third kappa shape index (κ3) is 3.71. The van der Waals surface area contributed by atoms with E-state index in [1.54, 1.807) is 0 Å². The van der Waals surface area contributed by atoms with Crippen LogP contribution in [0.2, 0.25) is 0 Å². The first-order valence-electron chi connectivity index (χ1n) is 8.03. The highest BCUT2D eigenvalue weighted by atomic mass is 16.1. The van der Waals surface area contributed by atoms with Crippen LogP contribution in [0.25, 0.3) is 0 Å². The minimum atomic E-state index is -0.119. The van der Waals surface area contributed by atoms with Crippen molar-refractivity contribution in [3.8, 4) is 0 Å². The van der Waals surface area contributed by atoms with Gasteiger partial charge in [0.25, 0.3) is 0 Å². The summed E-state index contributed by atoms with van der Waals surface area (Å²) in [5, 5.41) is 9.66. The summed E-state index contributed by atoms with van der Waals surface area (Å²) in [5.74, 6) is 1.20. The summed E-state index contributed by atoms with van der Waals surface area (Å²) < 4.78 is 2.03. The minimum absolute atomic E-state index is 0.0651. The number of nitrogens with one attached hydrogen (secondary N) is 2. The number of hydrogen-bond donors (Lipinski definition) is 2. The van der Waals surface area contributed by atoms with Gasteiger partial charge in [-0.05, 0) is 17.7 Å². The second-order valence-electron chi connectivity index (χ2n) is 6.01. The van der Waals surface area contributed by atoms with Gasteiger partial charge in [0.1, 0.15) is 5.82 Å². The predicted octanol–water partition coefficient (Wildman–Crippen LogP) is 3.35. The SMILES string of the molecule is CC(C)c1nc(NC(=O)C[C@H](c2ccccc2)n2cccc2)n[nH]1. The number of nitrogens with zero attached hydrogens (tertiary/aromatic N) is 3. The van der Waals surface area contributed by atoms with Gasteiger partial charge in [-0.3, -0.25) is 15.2 Å². The Morgan fingerprint density at radius 3 is 2.50 bits per heavy atom. The van der Waals surface area contributed by atoms with Crippen molar-refractivity contribution in [2.45, 2.75) is 32.2 Å². The fraction of sp³-hybridized carbons (Fsp3) is 0.278. The molecular formula is C18H21N5O. The van der Waals surface area contributed by atoms with Crippen LogP contribution >= 0.6 is 0 Å². The molecular weight excluding hydrogens is 302 g/mol. The van der Waals surface area contributed by atoms with E-state index in [9.17, 15) is 4.79 Å². The maximum Gasteiger partial charge on any atom is 0.248 e. The molecule has 2 aromatic heterocycles. The highest BCUT2D eigenvalue weighted by molar-refractivity contribution is 5.89. The van der Waals surface area contributed by atoms with E-state index < -0.39 is 0 Å². The zero-order valence-corrected chi connectivity index (χ0v) is 13.8. The Balaban J connectivity index is 1.74. The fourth-order valence-corrected chi connectivity index (χ4v) is 2.57. The summed E-state index contributed by atoms with van der Waals surface area (Å²) in [7, 11) is 0. The first-order chi connectivity index (χ1) is 11.6. The van der Waals surface area contributed by atoms with Crippen LogP contribution < -0.4 is 5.32 Å². The van der Waals surface area contributed by atoms with E-state index in [-0.39, 0.29) is 17.9 Å². The largest absolute Gasteiger partial charge is 0.346 e. The van der Waals surface area contributed by atoms with Crippen LogP contribution in [0.3, 0.4) is 0 Å². The summed E-state index contributed by atoms with van der Waals surface area (Å²) in [6.45, 7) is 4.03. The van der Waals surface area contributed by atoms with Crippen molar-refractivity contribution in [2.24, 2.45) is 0 Å². The lowest BCUT2D eigenvalue weighted by molar-refractivity contribution is -0.116. The van der Waals surface area contributed by atoms with E-state index >= 15 is 0 Å². The van der Waals surface area contributed by atoms with Gasteiger partial charge in [-0.1, -0.05) is 44.2 Å². The molecule has 0 aliphatic carbocycles. The van der Waals surface area contributed by atoms with Crippen molar-refractivity contribution in [2.75, 3.05) is 5.32 Å². The number of carbonyl (C=O) groups is 1. The molecule has 24 heavy (non-hydrogen) atoms. The molecule has 0 saturated carbocycles. The molecule has 1 aromatic carbocycles. The van der Waals surface area contributed by atoms with Gasteiger partial charge in [0.05, 0.1) is 12.5 Å². The number of benzene rings is 1. The number of carbonyl (C=O) groups excluding carboxylic acids is 1. The first kappa shape index (κ1) is 16.0. The van der Waals surface area contributed by atoms with Crippen molar-refractivity contribution in [1.82, 2.24) is 19.7 Å². The first-order valence-corrected chi connectivity index (χ1v) is 8.03. The molecule has 0 bridgehead atoms. The zero-order chi connectivity index (χ0) is 16.9. The predicted molar refractivity (Wildman–Crippen MR) is 92.7 cm³/mol. The van der Waals surface area contributed by atoms with Crippen LogP contribution in [0.5, 0.6) is 0 Å². The molecule has 6 heteroatoms. The number of aromatic nitrogens is 4. The molecule has 0 spiro atoms. The van der Waals surface area contributed by atoms with Crippen LogP contribution in [0.15, 0.2) is 54.9 Å². The smallest absolute Gasteiger partial charge is 0.248 e. The quantitative estimate of drug-likeness (QED) is 0.730. The van der Waals surface area contributed by atoms with Crippen LogP contribution in [0.1, 0.15) is 43.6 Å². The number of anilines is 1. The Labute approximate surface area is 140 Å². The molecule has 0 aliphatic heterocycles. The Morgan fingerprint density at radius 2 is 1.88 bits per heavy atom. The van der Waals surface area contributed by atoms with Crippen LogP contribution in [-0.2, 0) is 4.79 Å². The van der Waals surface area contributed by atoms with Crippen molar-refractivity contribution in [3.63, 3.8) is 0 Å².